The molecule has 138 valence electrons. The molecule has 10 heteroatoms. The van der Waals surface area contributed by atoms with Gasteiger partial charge in [-0.05, 0) is 35.4 Å². The standard InChI is InChI=1S/C17H18N8O2/c26-15-8-13(25-11-20-22-23-25)3-4-14(15)17(27)21-12-2-1-7-24(10-12)16-9-18-5-6-19-16/h3-6,8-9,11-12,26H,1-2,7,10H2,(H,21,27)/t12-/m1/s1. The Labute approximate surface area is 154 Å². The van der Waals surface area contributed by atoms with Crippen LogP contribution >= 0.6 is 0 Å². The Hall–Kier alpha value is -3.56. The van der Waals surface area contributed by atoms with Crippen LogP contribution in [-0.4, -0.2) is 60.3 Å². The van der Waals surface area contributed by atoms with Crippen LogP contribution in [-0.2, 0) is 0 Å². The van der Waals surface area contributed by atoms with E-state index in [2.05, 4.69) is 35.7 Å². The Balaban J connectivity index is 1.44. The zero-order valence-electron chi connectivity index (χ0n) is 14.4. The second-order valence-corrected chi connectivity index (χ2v) is 6.28. The van der Waals surface area contributed by atoms with E-state index in [0.717, 1.165) is 25.2 Å². The van der Waals surface area contributed by atoms with Gasteiger partial charge in [0.05, 0.1) is 17.4 Å². The largest absolute Gasteiger partial charge is 0.507 e. The van der Waals surface area contributed by atoms with Crippen molar-refractivity contribution in [2.24, 2.45) is 0 Å². The summed E-state index contributed by atoms with van der Waals surface area (Å²) in [4.78, 5) is 23.1. The van der Waals surface area contributed by atoms with Gasteiger partial charge in [0.25, 0.3) is 5.91 Å². The minimum absolute atomic E-state index is 0.0353. The van der Waals surface area contributed by atoms with E-state index >= 15 is 0 Å². The molecule has 0 aliphatic carbocycles. The van der Waals surface area contributed by atoms with Gasteiger partial charge in [0.1, 0.15) is 17.9 Å². The molecule has 0 radical (unpaired) electrons. The van der Waals surface area contributed by atoms with Gasteiger partial charge < -0.3 is 15.3 Å². The molecular formula is C17H18N8O2. The molecule has 1 fully saturated rings. The maximum atomic E-state index is 12.6. The first kappa shape index (κ1) is 16.9. The van der Waals surface area contributed by atoms with E-state index in [-0.39, 0.29) is 23.3 Å². The summed E-state index contributed by atoms with van der Waals surface area (Å²) in [6.45, 7) is 1.52. The number of carbonyl (C=O) groups is 1. The Bertz CT molecular complexity index is 916. The van der Waals surface area contributed by atoms with Crippen molar-refractivity contribution in [2.45, 2.75) is 18.9 Å². The summed E-state index contributed by atoms with van der Waals surface area (Å²) in [6, 6.07) is 4.66. The fourth-order valence-electron chi connectivity index (χ4n) is 3.15. The molecule has 1 amide bonds. The molecule has 3 aromatic rings. The van der Waals surface area contributed by atoms with E-state index in [4.69, 9.17) is 0 Å². The summed E-state index contributed by atoms with van der Waals surface area (Å²) in [5, 5.41) is 24.1. The minimum Gasteiger partial charge on any atom is -0.507 e. The number of amides is 1. The molecule has 2 N–H and O–H groups in total. The molecular weight excluding hydrogens is 348 g/mol. The van der Waals surface area contributed by atoms with Gasteiger partial charge in [-0.3, -0.25) is 9.78 Å². The van der Waals surface area contributed by atoms with Crippen molar-refractivity contribution in [3.05, 3.63) is 48.7 Å². The van der Waals surface area contributed by atoms with E-state index in [1.54, 1.807) is 30.7 Å². The highest BCUT2D eigenvalue weighted by molar-refractivity contribution is 5.97. The highest BCUT2D eigenvalue weighted by atomic mass is 16.3. The van der Waals surface area contributed by atoms with Gasteiger partial charge in [-0.2, -0.15) is 0 Å². The number of hydrogen-bond donors (Lipinski definition) is 2. The van der Waals surface area contributed by atoms with Crippen LogP contribution < -0.4 is 10.2 Å². The number of anilines is 1. The number of aromatic hydroxyl groups is 1. The Kier molecular flexibility index (Phi) is 4.60. The van der Waals surface area contributed by atoms with Crippen LogP contribution in [0.25, 0.3) is 5.69 Å². The van der Waals surface area contributed by atoms with Crippen molar-refractivity contribution < 1.29 is 9.90 Å². The number of carbonyl (C=O) groups excluding carboxylic acids is 1. The molecule has 0 unspecified atom stereocenters. The van der Waals surface area contributed by atoms with Gasteiger partial charge in [0, 0.05) is 37.6 Å². The summed E-state index contributed by atoms with van der Waals surface area (Å²) in [6.07, 6.45) is 8.22. The number of piperidine rings is 1. The number of tetrazole rings is 1. The molecule has 3 heterocycles. The molecule has 4 rings (SSSR count). The predicted molar refractivity (Wildman–Crippen MR) is 95.6 cm³/mol. The Morgan fingerprint density at radius 3 is 2.96 bits per heavy atom. The number of hydrogen-bond acceptors (Lipinski definition) is 8. The molecule has 2 aromatic heterocycles. The smallest absolute Gasteiger partial charge is 0.255 e. The molecule has 0 spiro atoms. The number of phenols is 1. The molecule has 1 aromatic carbocycles. The van der Waals surface area contributed by atoms with Gasteiger partial charge in [0.2, 0.25) is 0 Å². The van der Waals surface area contributed by atoms with Crippen molar-refractivity contribution in [1.29, 1.82) is 0 Å². The lowest BCUT2D eigenvalue weighted by molar-refractivity contribution is 0.0930. The van der Waals surface area contributed by atoms with Gasteiger partial charge in [-0.1, -0.05) is 0 Å². The van der Waals surface area contributed by atoms with Crippen LogP contribution in [0.2, 0.25) is 0 Å². The quantitative estimate of drug-likeness (QED) is 0.687. The maximum Gasteiger partial charge on any atom is 0.255 e. The molecule has 1 aliphatic rings. The number of aromatic nitrogens is 6. The van der Waals surface area contributed by atoms with Crippen LogP contribution in [0.1, 0.15) is 23.2 Å². The predicted octanol–water partition coefficient (Wildman–Crippen LogP) is 0.557. The van der Waals surface area contributed by atoms with Crippen LogP contribution in [0.15, 0.2) is 43.1 Å². The zero-order chi connectivity index (χ0) is 18.6. The number of rotatable bonds is 4. The van der Waals surface area contributed by atoms with Gasteiger partial charge in [0.15, 0.2) is 0 Å². The molecule has 1 aliphatic heterocycles. The van der Waals surface area contributed by atoms with E-state index in [0.29, 0.717) is 12.2 Å². The van der Waals surface area contributed by atoms with E-state index in [1.165, 1.54) is 17.1 Å². The number of nitrogens with zero attached hydrogens (tertiary/aromatic N) is 7. The highest BCUT2D eigenvalue weighted by Gasteiger charge is 2.24. The zero-order valence-corrected chi connectivity index (χ0v) is 14.4. The second-order valence-electron chi connectivity index (χ2n) is 6.28. The highest BCUT2D eigenvalue weighted by Crippen LogP contribution is 2.22. The second kappa shape index (κ2) is 7.36. The average Bonchev–Trinajstić information content (AvgIpc) is 3.23. The third-order valence-electron chi connectivity index (χ3n) is 4.47. The fraction of sp³-hybridized carbons (Fsp3) is 0.294. The van der Waals surface area contributed by atoms with Crippen molar-refractivity contribution in [3.8, 4) is 11.4 Å². The van der Waals surface area contributed by atoms with Crippen molar-refractivity contribution in [2.75, 3.05) is 18.0 Å². The monoisotopic (exact) mass is 366 g/mol. The molecule has 1 saturated heterocycles. The summed E-state index contributed by atoms with van der Waals surface area (Å²) >= 11 is 0. The van der Waals surface area contributed by atoms with Gasteiger partial charge in [-0.15, -0.1) is 5.10 Å². The SMILES string of the molecule is O=C(N[C@@H]1CCCN(c2cnccn2)C1)c1ccc(-n2cnnn2)cc1O. The fourth-order valence-corrected chi connectivity index (χ4v) is 3.15. The van der Waals surface area contributed by atoms with E-state index in [1.807, 2.05) is 0 Å². The number of phenolic OH excluding ortho intramolecular Hbond substituents is 1. The molecule has 0 bridgehead atoms. The van der Waals surface area contributed by atoms with Gasteiger partial charge >= 0.3 is 0 Å². The molecule has 0 saturated carbocycles. The third kappa shape index (κ3) is 3.68. The van der Waals surface area contributed by atoms with Crippen LogP contribution in [0.4, 0.5) is 5.82 Å². The number of benzene rings is 1. The lowest BCUT2D eigenvalue weighted by atomic mass is 10.0. The first-order valence-corrected chi connectivity index (χ1v) is 8.59. The number of nitrogens with one attached hydrogen (secondary N) is 1. The summed E-state index contributed by atoms with van der Waals surface area (Å²) in [5.41, 5.74) is 0.781. The van der Waals surface area contributed by atoms with Crippen LogP contribution in [0, 0.1) is 0 Å². The van der Waals surface area contributed by atoms with E-state index in [9.17, 15) is 9.90 Å². The Morgan fingerprint density at radius 2 is 2.22 bits per heavy atom. The average molecular weight is 366 g/mol. The Morgan fingerprint density at radius 1 is 1.30 bits per heavy atom. The van der Waals surface area contributed by atoms with Gasteiger partial charge in [-0.25, -0.2) is 9.67 Å². The molecule has 1 atom stereocenters. The normalized spacial score (nSPS) is 16.9. The first-order valence-electron chi connectivity index (χ1n) is 8.59. The van der Waals surface area contributed by atoms with Crippen LogP contribution in [0.5, 0.6) is 5.75 Å². The topological polar surface area (TPSA) is 122 Å². The van der Waals surface area contributed by atoms with E-state index < -0.39 is 0 Å². The van der Waals surface area contributed by atoms with Crippen molar-refractivity contribution in [1.82, 2.24) is 35.5 Å². The lowest BCUT2D eigenvalue weighted by Gasteiger charge is -2.33. The lowest BCUT2D eigenvalue weighted by Crippen LogP contribution is -2.48. The molecule has 10 nitrogen and oxygen atoms in total. The maximum absolute atomic E-state index is 12.6. The summed E-state index contributed by atoms with van der Waals surface area (Å²) < 4.78 is 1.40. The van der Waals surface area contributed by atoms with Crippen LogP contribution in [0.3, 0.4) is 0 Å². The minimum atomic E-state index is -0.318. The first-order chi connectivity index (χ1) is 13.2. The van der Waals surface area contributed by atoms with Crippen molar-refractivity contribution >= 4 is 11.7 Å². The van der Waals surface area contributed by atoms with Crippen molar-refractivity contribution in [3.63, 3.8) is 0 Å². The summed E-state index contributed by atoms with van der Waals surface area (Å²) in [7, 11) is 0. The molecule has 27 heavy (non-hydrogen) atoms. The summed E-state index contributed by atoms with van der Waals surface area (Å²) in [5.74, 6) is 0.356. The third-order valence-corrected chi connectivity index (χ3v) is 4.47.